The fourth-order valence-electron chi connectivity index (χ4n) is 2.28. The van der Waals surface area contributed by atoms with Gasteiger partial charge in [-0.25, -0.2) is 4.68 Å². The van der Waals surface area contributed by atoms with E-state index in [2.05, 4.69) is 26.5 Å². The summed E-state index contributed by atoms with van der Waals surface area (Å²) in [5.41, 5.74) is 5.63. The molecule has 2 unspecified atom stereocenters. The van der Waals surface area contributed by atoms with Crippen molar-refractivity contribution in [1.29, 1.82) is 0 Å². The molecule has 2 heterocycles. The molecule has 0 radical (unpaired) electrons. The van der Waals surface area contributed by atoms with Crippen LogP contribution >= 0.6 is 0 Å². The summed E-state index contributed by atoms with van der Waals surface area (Å²) in [5.74, 6) is 2.66. The van der Waals surface area contributed by atoms with Crippen LogP contribution in [0, 0.1) is 11.8 Å². The zero-order chi connectivity index (χ0) is 11.0. The molecule has 0 bridgehead atoms. The number of nitrogens with one attached hydrogen (secondary N) is 2. The molecule has 3 rings (SSSR count). The molecule has 16 heavy (non-hydrogen) atoms. The lowest BCUT2D eigenvalue weighted by molar-refractivity contribution is 0.321. The molecule has 0 spiro atoms. The minimum absolute atomic E-state index is 0.530. The second-order valence-corrected chi connectivity index (χ2v) is 4.85. The van der Waals surface area contributed by atoms with Crippen LogP contribution in [0.5, 0.6) is 0 Å². The molecular formula is C11H19N5. The third-order valence-corrected chi connectivity index (χ3v) is 3.69. The van der Waals surface area contributed by atoms with E-state index in [0.717, 1.165) is 43.8 Å². The molecular weight excluding hydrogens is 202 g/mol. The summed E-state index contributed by atoms with van der Waals surface area (Å²) in [6, 6.07) is 2.58. The van der Waals surface area contributed by atoms with Crippen molar-refractivity contribution in [2.24, 2.45) is 17.6 Å². The van der Waals surface area contributed by atoms with E-state index in [9.17, 15) is 0 Å². The Morgan fingerprint density at radius 3 is 3.00 bits per heavy atom. The largest absolute Gasteiger partial charge is 0.370 e. The highest BCUT2D eigenvalue weighted by molar-refractivity contribution is 5.35. The number of anilines is 1. The second kappa shape index (κ2) is 4.07. The third-order valence-electron chi connectivity index (χ3n) is 3.69. The van der Waals surface area contributed by atoms with Crippen molar-refractivity contribution in [3.8, 4) is 0 Å². The van der Waals surface area contributed by atoms with E-state index in [1.165, 1.54) is 6.42 Å². The molecule has 0 amide bonds. The van der Waals surface area contributed by atoms with Crippen LogP contribution in [-0.2, 0) is 0 Å². The van der Waals surface area contributed by atoms with Crippen LogP contribution in [0.4, 0.5) is 5.82 Å². The van der Waals surface area contributed by atoms with E-state index >= 15 is 0 Å². The van der Waals surface area contributed by atoms with E-state index < -0.39 is 0 Å². The Labute approximate surface area is 95.4 Å². The minimum Gasteiger partial charge on any atom is -0.370 e. The van der Waals surface area contributed by atoms with E-state index in [1.807, 2.05) is 6.20 Å². The summed E-state index contributed by atoms with van der Waals surface area (Å²) < 4.78 is 2.09. The molecule has 2 fully saturated rings. The summed E-state index contributed by atoms with van der Waals surface area (Å²) >= 11 is 0. The standard InChI is InChI=1S/C11H19N5/c12-4-8-3-9(8)5-14-11-1-2-15-16(11)10-6-13-7-10/h1-2,8-10,13-14H,3-7,12H2. The highest BCUT2D eigenvalue weighted by atomic mass is 15.4. The lowest BCUT2D eigenvalue weighted by atomic mass is 10.2. The number of aromatic nitrogens is 2. The fourth-order valence-corrected chi connectivity index (χ4v) is 2.28. The Morgan fingerprint density at radius 1 is 1.50 bits per heavy atom. The predicted octanol–water partition coefficient (Wildman–Crippen LogP) is 0.0341. The summed E-state index contributed by atoms with van der Waals surface area (Å²) in [4.78, 5) is 0. The van der Waals surface area contributed by atoms with Crippen LogP contribution in [0.1, 0.15) is 12.5 Å². The molecule has 2 aliphatic rings. The number of rotatable bonds is 5. The summed E-state index contributed by atoms with van der Waals surface area (Å²) in [6.45, 7) is 3.93. The van der Waals surface area contributed by atoms with Gasteiger partial charge in [0.2, 0.25) is 0 Å². The summed E-state index contributed by atoms with van der Waals surface area (Å²) in [7, 11) is 0. The van der Waals surface area contributed by atoms with E-state index in [0.29, 0.717) is 6.04 Å². The van der Waals surface area contributed by atoms with Gasteiger partial charge < -0.3 is 16.4 Å². The molecule has 1 aromatic rings. The Bertz CT molecular complexity index is 357. The Balaban J connectivity index is 1.55. The quantitative estimate of drug-likeness (QED) is 0.656. The van der Waals surface area contributed by atoms with Gasteiger partial charge in [0.15, 0.2) is 0 Å². The Hall–Kier alpha value is -1.07. The van der Waals surface area contributed by atoms with Gasteiger partial charge in [0, 0.05) is 25.7 Å². The van der Waals surface area contributed by atoms with Gasteiger partial charge in [0.1, 0.15) is 5.82 Å². The monoisotopic (exact) mass is 221 g/mol. The molecule has 0 aromatic carbocycles. The molecule has 88 valence electrons. The first kappa shape index (κ1) is 10.1. The van der Waals surface area contributed by atoms with Crippen molar-refractivity contribution < 1.29 is 0 Å². The summed E-state index contributed by atoms with van der Waals surface area (Å²) in [5, 5.41) is 11.1. The average Bonchev–Trinajstić information content (AvgIpc) is 2.85. The van der Waals surface area contributed by atoms with Crippen molar-refractivity contribution in [3.05, 3.63) is 12.3 Å². The number of hydrogen-bond acceptors (Lipinski definition) is 4. The van der Waals surface area contributed by atoms with E-state index in [4.69, 9.17) is 5.73 Å². The maximum Gasteiger partial charge on any atom is 0.124 e. The third kappa shape index (κ3) is 1.81. The van der Waals surface area contributed by atoms with Gasteiger partial charge >= 0.3 is 0 Å². The fraction of sp³-hybridized carbons (Fsp3) is 0.727. The molecule has 5 nitrogen and oxygen atoms in total. The van der Waals surface area contributed by atoms with Gasteiger partial charge in [-0.2, -0.15) is 5.10 Å². The molecule has 1 saturated heterocycles. The van der Waals surface area contributed by atoms with E-state index in [-0.39, 0.29) is 0 Å². The maximum absolute atomic E-state index is 5.63. The normalized spacial score (nSPS) is 28.8. The topological polar surface area (TPSA) is 67.9 Å². The van der Waals surface area contributed by atoms with Gasteiger partial charge in [-0.3, -0.25) is 0 Å². The van der Waals surface area contributed by atoms with Gasteiger partial charge in [0.05, 0.1) is 12.2 Å². The van der Waals surface area contributed by atoms with Crippen LogP contribution in [0.15, 0.2) is 12.3 Å². The number of nitrogens with zero attached hydrogens (tertiary/aromatic N) is 2. The highest BCUT2D eigenvalue weighted by Gasteiger charge is 2.35. The van der Waals surface area contributed by atoms with Crippen LogP contribution in [0.3, 0.4) is 0 Å². The van der Waals surface area contributed by atoms with Crippen molar-refractivity contribution in [3.63, 3.8) is 0 Å². The second-order valence-electron chi connectivity index (χ2n) is 4.85. The van der Waals surface area contributed by atoms with Crippen molar-refractivity contribution >= 4 is 5.82 Å². The number of nitrogens with two attached hydrogens (primary N) is 1. The van der Waals surface area contributed by atoms with Crippen LogP contribution in [-0.4, -0.2) is 36.0 Å². The molecule has 4 N–H and O–H groups in total. The zero-order valence-electron chi connectivity index (χ0n) is 9.39. The van der Waals surface area contributed by atoms with Gasteiger partial charge in [-0.1, -0.05) is 0 Å². The zero-order valence-corrected chi connectivity index (χ0v) is 9.39. The van der Waals surface area contributed by atoms with Crippen LogP contribution in [0.2, 0.25) is 0 Å². The molecule has 5 heteroatoms. The van der Waals surface area contributed by atoms with Gasteiger partial charge in [-0.05, 0) is 24.8 Å². The van der Waals surface area contributed by atoms with Crippen LogP contribution < -0.4 is 16.4 Å². The number of hydrogen-bond donors (Lipinski definition) is 3. The first-order valence-electron chi connectivity index (χ1n) is 6.06. The molecule has 1 aliphatic carbocycles. The van der Waals surface area contributed by atoms with Gasteiger partial charge in [0.25, 0.3) is 0 Å². The molecule has 2 atom stereocenters. The maximum atomic E-state index is 5.63. The molecule has 1 aliphatic heterocycles. The first-order chi connectivity index (χ1) is 7.88. The lowest BCUT2D eigenvalue weighted by Gasteiger charge is -2.28. The molecule has 1 aromatic heterocycles. The predicted molar refractivity (Wildman–Crippen MR) is 63.3 cm³/mol. The smallest absolute Gasteiger partial charge is 0.124 e. The summed E-state index contributed by atoms with van der Waals surface area (Å²) in [6.07, 6.45) is 3.15. The molecule has 1 saturated carbocycles. The van der Waals surface area contributed by atoms with Crippen molar-refractivity contribution in [2.75, 3.05) is 31.5 Å². The van der Waals surface area contributed by atoms with Crippen molar-refractivity contribution in [2.45, 2.75) is 12.5 Å². The van der Waals surface area contributed by atoms with Crippen LogP contribution in [0.25, 0.3) is 0 Å². The minimum atomic E-state index is 0.530. The first-order valence-corrected chi connectivity index (χ1v) is 6.06. The van der Waals surface area contributed by atoms with Crippen molar-refractivity contribution in [1.82, 2.24) is 15.1 Å². The highest BCUT2D eigenvalue weighted by Crippen LogP contribution is 2.37. The van der Waals surface area contributed by atoms with E-state index in [1.54, 1.807) is 0 Å². The lowest BCUT2D eigenvalue weighted by Crippen LogP contribution is -2.44. The Kier molecular flexibility index (Phi) is 2.57. The average molecular weight is 221 g/mol. The SMILES string of the molecule is NCC1CC1CNc1ccnn1C1CNC1. The van der Waals surface area contributed by atoms with Gasteiger partial charge in [-0.15, -0.1) is 0 Å². The Morgan fingerprint density at radius 2 is 2.38 bits per heavy atom.